The molecule has 7 heteroatoms. The molecule has 0 spiro atoms. The van der Waals surface area contributed by atoms with Gasteiger partial charge in [0, 0.05) is 12.7 Å². The van der Waals surface area contributed by atoms with Crippen molar-refractivity contribution in [2.24, 2.45) is 0 Å². The first kappa shape index (κ1) is 23.0. The van der Waals surface area contributed by atoms with Gasteiger partial charge < -0.3 is 19.5 Å². The topological polar surface area (TPSA) is 76.5 Å². The van der Waals surface area contributed by atoms with Crippen LogP contribution in [0.2, 0.25) is 0 Å². The monoisotopic (exact) mass is 456 g/mol. The zero-order valence-corrected chi connectivity index (χ0v) is 19.6. The smallest absolute Gasteiger partial charge is 0.243 e. The van der Waals surface area contributed by atoms with E-state index < -0.39 is 0 Å². The van der Waals surface area contributed by atoms with Gasteiger partial charge >= 0.3 is 0 Å². The van der Waals surface area contributed by atoms with Crippen LogP contribution < -0.4 is 10.1 Å². The molecule has 4 rings (SSSR count). The van der Waals surface area contributed by atoms with Crippen molar-refractivity contribution in [3.8, 4) is 5.75 Å². The Morgan fingerprint density at radius 1 is 0.971 bits per heavy atom. The number of likely N-dealkylation sites (N-methyl/N-ethyl adjacent to an activating group) is 1. The van der Waals surface area contributed by atoms with E-state index >= 15 is 0 Å². The molecule has 0 unspecified atom stereocenters. The summed E-state index contributed by atoms with van der Waals surface area (Å²) < 4.78 is 7.73. The van der Waals surface area contributed by atoms with Crippen molar-refractivity contribution in [2.75, 3.05) is 18.9 Å². The second-order valence-corrected chi connectivity index (χ2v) is 8.25. The lowest BCUT2D eigenvalue weighted by atomic mass is 10.1. The van der Waals surface area contributed by atoms with Gasteiger partial charge in [-0.15, -0.1) is 0 Å². The van der Waals surface area contributed by atoms with E-state index in [4.69, 9.17) is 4.74 Å². The van der Waals surface area contributed by atoms with Gasteiger partial charge in [0.05, 0.1) is 17.6 Å². The number of amides is 2. The molecule has 0 aliphatic heterocycles. The lowest BCUT2D eigenvalue weighted by Gasteiger charge is -2.19. The van der Waals surface area contributed by atoms with Crippen LogP contribution in [0.25, 0.3) is 11.0 Å². The molecule has 0 saturated heterocycles. The second kappa shape index (κ2) is 10.2. The van der Waals surface area contributed by atoms with E-state index in [0.717, 1.165) is 33.6 Å². The normalized spacial score (nSPS) is 10.8. The average molecular weight is 457 g/mol. The number of fused-ring (bicyclic) bond motifs is 1. The van der Waals surface area contributed by atoms with Crippen molar-refractivity contribution in [2.45, 2.75) is 27.0 Å². The Bertz CT molecular complexity index is 1310. The van der Waals surface area contributed by atoms with Gasteiger partial charge in [-0.05, 0) is 55.3 Å². The van der Waals surface area contributed by atoms with Gasteiger partial charge in [0.15, 0.2) is 0 Å². The van der Waals surface area contributed by atoms with Gasteiger partial charge in [-0.1, -0.05) is 42.5 Å². The number of carbonyl (C=O) groups is 2. The molecule has 0 fully saturated rings. The Labute approximate surface area is 199 Å². The number of aromatic nitrogens is 2. The second-order valence-electron chi connectivity index (χ2n) is 8.25. The number of nitrogens with zero attached hydrogens (tertiary/aromatic N) is 3. The van der Waals surface area contributed by atoms with E-state index in [9.17, 15) is 9.59 Å². The number of ether oxygens (including phenoxy) is 1. The largest absolute Gasteiger partial charge is 0.486 e. The fourth-order valence-corrected chi connectivity index (χ4v) is 3.71. The first-order valence-electron chi connectivity index (χ1n) is 11.1. The molecule has 0 aliphatic rings. The number of imidazole rings is 1. The minimum absolute atomic E-state index is 0.0469. The first-order valence-corrected chi connectivity index (χ1v) is 11.1. The van der Waals surface area contributed by atoms with Gasteiger partial charge in [0.25, 0.3) is 0 Å². The Hall–Kier alpha value is -4.13. The molecule has 1 heterocycles. The molecule has 0 radical (unpaired) electrons. The van der Waals surface area contributed by atoms with E-state index in [1.165, 1.54) is 4.90 Å². The van der Waals surface area contributed by atoms with Crippen LogP contribution in [0.5, 0.6) is 5.75 Å². The van der Waals surface area contributed by atoms with Gasteiger partial charge in [0.2, 0.25) is 11.8 Å². The number of benzene rings is 3. The maximum Gasteiger partial charge on any atom is 0.243 e. The molecule has 1 aromatic heterocycles. The number of hydrogen-bond acceptors (Lipinski definition) is 4. The maximum atomic E-state index is 13.0. The first-order chi connectivity index (χ1) is 16.4. The van der Waals surface area contributed by atoms with E-state index in [2.05, 4.69) is 10.3 Å². The summed E-state index contributed by atoms with van der Waals surface area (Å²) in [5.74, 6) is 0.937. The zero-order chi connectivity index (χ0) is 24.1. The SMILES string of the molecule is Cc1cccc(NC(=O)CN(C)C(=O)Cn2c(COc3ccccc3)nc3ccccc32)c1C. The molecule has 34 heavy (non-hydrogen) atoms. The van der Waals surface area contributed by atoms with E-state index in [1.807, 2.05) is 91.2 Å². The number of nitrogens with one attached hydrogen (secondary N) is 1. The molecule has 3 aromatic carbocycles. The molecule has 174 valence electrons. The minimum Gasteiger partial charge on any atom is -0.486 e. The Balaban J connectivity index is 1.46. The predicted molar refractivity (Wildman–Crippen MR) is 133 cm³/mol. The Kier molecular flexibility index (Phi) is 6.92. The number of carbonyl (C=O) groups excluding carboxylic acids is 2. The Morgan fingerprint density at radius 2 is 1.71 bits per heavy atom. The molecule has 0 saturated carbocycles. The third-order valence-electron chi connectivity index (χ3n) is 5.82. The molecule has 1 N–H and O–H groups in total. The van der Waals surface area contributed by atoms with Crippen molar-refractivity contribution in [1.82, 2.24) is 14.5 Å². The molecule has 0 bridgehead atoms. The van der Waals surface area contributed by atoms with E-state index in [1.54, 1.807) is 7.05 Å². The molecular formula is C27H28N4O3. The van der Waals surface area contributed by atoms with Crippen LogP contribution >= 0.6 is 0 Å². The highest BCUT2D eigenvalue weighted by molar-refractivity contribution is 5.95. The fraction of sp³-hybridized carbons (Fsp3) is 0.222. The quantitative estimate of drug-likeness (QED) is 0.428. The third kappa shape index (κ3) is 5.26. The highest BCUT2D eigenvalue weighted by atomic mass is 16.5. The van der Waals surface area contributed by atoms with Crippen LogP contribution in [-0.4, -0.2) is 39.9 Å². The van der Waals surface area contributed by atoms with Crippen molar-refractivity contribution >= 4 is 28.5 Å². The van der Waals surface area contributed by atoms with Crippen molar-refractivity contribution in [3.63, 3.8) is 0 Å². The Morgan fingerprint density at radius 3 is 2.50 bits per heavy atom. The summed E-state index contributed by atoms with van der Waals surface area (Å²) >= 11 is 0. The van der Waals surface area contributed by atoms with Crippen LogP contribution in [0.4, 0.5) is 5.69 Å². The highest BCUT2D eigenvalue weighted by Crippen LogP contribution is 2.20. The summed E-state index contributed by atoms with van der Waals surface area (Å²) in [4.78, 5) is 31.7. The summed E-state index contributed by atoms with van der Waals surface area (Å²) in [7, 11) is 1.63. The van der Waals surface area contributed by atoms with Crippen molar-refractivity contribution < 1.29 is 14.3 Å². The van der Waals surface area contributed by atoms with Crippen LogP contribution in [0, 0.1) is 13.8 Å². The van der Waals surface area contributed by atoms with Gasteiger partial charge in [-0.2, -0.15) is 0 Å². The third-order valence-corrected chi connectivity index (χ3v) is 5.82. The molecule has 0 atom stereocenters. The van der Waals surface area contributed by atoms with Crippen LogP contribution in [0.15, 0.2) is 72.8 Å². The van der Waals surface area contributed by atoms with Crippen LogP contribution in [0.3, 0.4) is 0 Å². The lowest BCUT2D eigenvalue weighted by Crippen LogP contribution is -2.37. The van der Waals surface area contributed by atoms with Crippen molar-refractivity contribution in [1.29, 1.82) is 0 Å². The van der Waals surface area contributed by atoms with E-state index in [0.29, 0.717) is 5.82 Å². The summed E-state index contributed by atoms with van der Waals surface area (Å²) in [6, 6.07) is 22.9. The minimum atomic E-state index is -0.243. The summed E-state index contributed by atoms with van der Waals surface area (Å²) in [6.07, 6.45) is 0. The van der Waals surface area contributed by atoms with Gasteiger partial charge in [-0.3, -0.25) is 9.59 Å². The molecule has 7 nitrogen and oxygen atoms in total. The van der Waals surface area contributed by atoms with Gasteiger partial charge in [0.1, 0.15) is 24.7 Å². The number of para-hydroxylation sites is 3. The fourth-order valence-electron chi connectivity index (χ4n) is 3.71. The molecule has 2 amide bonds. The maximum absolute atomic E-state index is 13.0. The van der Waals surface area contributed by atoms with Crippen LogP contribution in [0.1, 0.15) is 17.0 Å². The predicted octanol–water partition coefficient (Wildman–Crippen LogP) is 4.33. The summed E-state index contributed by atoms with van der Waals surface area (Å²) in [6.45, 7) is 4.19. The van der Waals surface area contributed by atoms with Crippen molar-refractivity contribution in [3.05, 3.63) is 89.7 Å². The number of aryl methyl sites for hydroxylation is 1. The molecule has 0 aliphatic carbocycles. The summed E-state index contributed by atoms with van der Waals surface area (Å²) in [5, 5.41) is 2.90. The van der Waals surface area contributed by atoms with Gasteiger partial charge in [-0.25, -0.2) is 4.98 Å². The number of rotatable bonds is 8. The zero-order valence-electron chi connectivity index (χ0n) is 19.6. The lowest BCUT2D eigenvalue weighted by molar-refractivity contribution is -0.133. The standard InChI is InChI=1S/C27H28N4O3/c1-19-10-9-14-22(20(19)2)29-26(32)16-30(3)27(33)17-31-24-15-8-7-13-23(24)28-25(31)18-34-21-11-5-4-6-12-21/h4-15H,16-18H2,1-3H3,(H,29,32). The molecular weight excluding hydrogens is 428 g/mol. The summed E-state index contributed by atoms with van der Waals surface area (Å²) in [5.41, 5.74) is 4.50. The van der Waals surface area contributed by atoms with E-state index in [-0.39, 0.29) is 31.5 Å². The highest BCUT2D eigenvalue weighted by Gasteiger charge is 2.18. The molecule has 4 aromatic rings. The number of anilines is 1. The average Bonchev–Trinajstić information content (AvgIpc) is 3.18. The number of hydrogen-bond donors (Lipinski definition) is 1. The van der Waals surface area contributed by atoms with Crippen LogP contribution in [-0.2, 0) is 22.7 Å².